The van der Waals surface area contributed by atoms with Crippen molar-refractivity contribution in [2.45, 2.75) is 18.9 Å². The summed E-state index contributed by atoms with van der Waals surface area (Å²) in [5.41, 5.74) is 0.895. The van der Waals surface area contributed by atoms with E-state index >= 15 is 0 Å². The monoisotopic (exact) mass is 378 g/mol. The molecule has 2 aromatic rings. The molecule has 1 aromatic carbocycles. The van der Waals surface area contributed by atoms with Gasteiger partial charge in [0.2, 0.25) is 0 Å². The van der Waals surface area contributed by atoms with Gasteiger partial charge in [0.15, 0.2) is 0 Å². The van der Waals surface area contributed by atoms with Crippen LogP contribution in [0.3, 0.4) is 0 Å². The summed E-state index contributed by atoms with van der Waals surface area (Å²) in [6, 6.07) is 9.86. The molecule has 0 bridgehead atoms. The molecule has 2 rings (SSSR count). The number of aryl methyl sites for hydroxylation is 1. The number of halogens is 2. The molecule has 1 atom stereocenters. The third-order valence-electron chi connectivity index (χ3n) is 2.57. The maximum absolute atomic E-state index is 10.1. The number of hydrogen-bond donors (Lipinski definition) is 1. The van der Waals surface area contributed by atoms with E-state index in [1.807, 2.05) is 24.3 Å². The highest BCUT2D eigenvalue weighted by Gasteiger charge is 2.09. The van der Waals surface area contributed by atoms with Gasteiger partial charge in [0.1, 0.15) is 0 Å². The molecular formula is C13H12ClIOS. The topological polar surface area (TPSA) is 20.2 Å². The molecule has 0 amide bonds. The predicted molar refractivity (Wildman–Crippen MR) is 81.8 cm³/mol. The first-order valence-electron chi connectivity index (χ1n) is 5.32. The van der Waals surface area contributed by atoms with Crippen LogP contribution in [0.2, 0.25) is 5.02 Å². The first kappa shape index (κ1) is 13.3. The minimum absolute atomic E-state index is 0.438. The molecule has 1 aromatic heterocycles. The van der Waals surface area contributed by atoms with Gasteiger partial charge in [-0.05, 0) is 64.6 Å². The van der Waals surface area contributed by atoms with Gasteiger partial charge in [-0.1, -0.05) is 23.7 Å². The molecule has 1 heterocycles. The number of benzene rings is 1. The van der Waals surface area contributed by atoms with Gasteiger partial charge in [-0.15, -0.1) is 11.3 Å². The maximum Gasteiger partial charge on any atom is 0.0794 e. The normalized spacial score (nSPS) is 12.6. The zero-order chi connectivity index (χ0) is 12.3. The first-order valence-corrected chi connectivity index (χ1v) is 7.66. The van der Waals surface area contributed by atoms with Gasteiger partial charge in [-0.2, -0.15) is 0 Å². The number of rotatable bonds is 4. The lowest BCUT2D eigenvalue weighted by Gasteiger charge is -2.11. The van der Waals surface area contributed by atoms with Crippen molar-refractivity contribution >= 4 is 45.5 Å². The highest BCUT2D eigenvalue weighted by Crippen LogP contribution is 2.26. The van der Waals surface area contributed by atoms with Gasteiger partial charge >= 0.3 is 0 Å². The zero-order valence-corrected chi connectivity index (χ0v) is 12.8. The van der Waals surface area contributed by atoms with E-state index < -0.39 is 6.10 Å². The Labute approximate surface area is 124 Å². The summed E-state index contributed by atoms with van der Waals surface area (Å²) < 4.78 is 1.01. The van der Waals surface area contributed by atoms with Crippen LogP contribution in [0, 0.1) is 3.57 Å². The maximum atomic E-state index is 10.1. The van der Waals surface area contributed by atoms with Crippen LogP contribution in [0.4, 0.5) is 0 Å². The third kappa shape index (κ3) is 3.68. The Balaban J connectivity index is 1.99. The molecule has 0 radical (unpaired) electrons. The molecule has 17 heavy (non-hydrogen) atoms. The van der Waals surface area contributed by atoms with Crippen LogP contribution in [0.5, 0.6) is 0 Å². The third-order valence-corrected chi connectivity index (χ3v) is 5.08. The van der Waals surface area contributed by atoms with Gasteiger partial charge in [-0.25, -0.2) is 0 Å². The largest absolute Gasteiger partial charge is 0.388 e. The molecule has 0 fully saturated rings. The van der Waals surface area contributed by atoms with Crippen LogP contribution in [0.25, 0.3) is 0 Å². The lowest BCUT2D eigenvalue weighted by atomic mass is 10.0. The fourth-order valence-corrected chi connectivity index (χ4v) is 2.87. The lowest BCUT2D eigenvalue weighted by molar-refractivity contribution is 0.168. The van der Waals surface area contributed by atoms with Crippen LogP contribution >= 0.6 is 45.5 Å². The molecule has 4 heteroatoms. The van der Waals surface area contributed by atoms with Crippen molar-refractivity contribution in [3.63, 3.8) is 0 Å². The number of hydrogen-bond acceptors (Lipinski definition) is 2. The van der Waals surface area contributed by atoms with Crippen LogP contribution in [-0.4, -0.2) is 5.11 Å². The second-order valence-electron chi connectivity index (χ2n) is 3.81. The molecule has 0 aliphatic rings. The fraction of sp³-hybridized carbons (Fsp3) is 0.231. The van der Waals surface area contributed by atoms with E-state index in [1.165, 1.54) is 4.88 Å². The van der Waals surface area contributed by atoms with Crippen LogP contribution in [0.1, 0.15) is 23.0 Å². The summed E-state index contributed by atoms with van der Waals surface area (Å²) in [4.78, 5) is 1.31. The summed E-state index contributed by atoms with van der Waals surface area (Å²) >= 11 is 9.95. The SMILES string of the molecule is OC(CCc1cccs1)c1ccc(I)c(Cl)c1. The average Bonchev–Trinajstić information content (AvgIpc) is 2.82. The van der Waals surface area contributed by atoms with Crippen molar-refractivity contribution in [2.75, 3.05) is 0 Å². The Morgan fingerprint density at radius 3 is 2.82 bits per heavy atom. The summed E-state index contributed by atoms with van der Waals surface area (Å²) in [5.74, 6) is 0. The number of aliphatic hydroxyl groups excluding tert-OH is 1. The Morgan fingerprint density at radius 1 is 1.35 bits per heavy atom. The van der Waals surface area contributed by atoms with Gasteiger partial charge in [-0.3, -0.25) is 0 Å². The molecule has 0 saturated carbocycles. The summed E-state index contributed by atoms with van der Waals surface area (Å²) in [5, 5.41) is 12.8. The van der Waals surface area contributed by atoms with E-state index in [-0.39, 0.29) is 0 Å². The first-order chi connectivity index (χ1) is 8.16. The van der Waals surface area contributed by atoms with E-state index in [4.69, 9.17) is 11.6 Å². The highest BCUT2D eigenvalue weighted by molar-refractivity contribution is 14.1. The second kappa shape index (κ2) is 6.18. The average molecular weight is 379 g/mol. The zero-order valence-electron chi connectivity index (χ0n) is 9.07. The standard InChI is InChI=1S/C13H12ClIOS/c14-11-8-9(3-5-12(11)15)13(16)6-4-10-2-1-7-17-10/h1-3,5,7-8,13,16H,4,6H2. The van der Waals surface area contributed by atoms with Crippen molar-refractivity contribution in [3.8, 4) is 0 Å². The fourth-order valence-electron chi connectivity index (χ4n) is 1.62. The summed E-state index contributed by atoms with van der Waals surface area (Å²) in [6.07, 6.45) is 1.20. The molecule has 1 unspecified atom stereocenters. The van der Waals surface area contributed by atoms with Crippen LogP contribution in [0.15, 0.2) is 35.7 Å². The lowest BCUT2D eigenvalue weighted by Crippen LogP contribution is -1.99. The van der Waals surface area contributed by atoms with Crippen molar-refractivity contribution < 1.29 is 5.11 Å². The Kier molecular flexibility index (Phi) is 4.85. The Hall–Kier alpha value is -0.100. The van der Waals surface area contributed by atoms with Gasteiger partial charge in [0.25, 0.3) is 0 Å². The Morgan fingerprint density at radius 2 is 2.18 bits per heavy atom. The Bertz CT molecular complexity index is 484. The van der Waals surface area contributed by atoms with Crippen molar-refractivity contribution in [2.24, 2.45) is 0 Å². The summed E-state index contributed by atoms with van der Waals surface area (Å²) in [6.45, 7) is 0. The minimum Gasteiger partial charge on any atom is -0.388 e. The van der Waals surface area contributed by atoms with E-state index in [0.717, 1.165) is 22.0 Å². The molecule has 0 spiro atoms. The summed E-state index contributed by atoms with van der Waals surface area (Å²) in [7, 11) is 0. The van der Waals surface area contributed by atoms with Gasteiger partial charge in [0, 0.05) is 8.45 Å². The van der Waals surface area contributed by atoms with E-state index in [0.29, 0.717) is 5.02 Å². The smallest absolute Gasteiger partial charge is 0.0794 e. The molecule has 1 nitrogen and oxygen atoms in total. The van der Waals surface area contributed by atoms with Crippen molar-refractivity contribution in [1.82, 2.24) is 0 Å². The molecule has 0 aliphatic heterocycles. The highest BCUT2D eigenvalue weighted by atomic mass is 127. The van der Waals surface area contributed by atoms with Crippen molar-refractivity contribution in [1.29, 1.82) is 0 Å². The quantitative estimate of drug-likeness (QED) is 0.766. The van der Waals surface area contributed by atoms with E-state index in [2.05, 4.69) is 34.0 Å². The molecule has 0 saturated heterocycles. The molecule has 0 aliphatic carbocycles. The van der Waals surface area contributed by atoms with Gasteiger partial charge < -0.3 is 5.11 Å². The van der Waals surface area contributed by atoms with E-state index in [1.54, 1.807) is 11.3 Å². The van der Waals surface area contributed by atoms with Crippen LogP contribution < -0.4 is 0 Å². The second-order valence-corrected chi connectivity index (χ2v) is 6.41. The number of thiophene rings is 1. The van der Waals surface area contributed by atoms with E-state index in [9.17, 15) is 5.11 Å². The van der Waals surface area contributed by atoms with Crippen LogP contribution in [-0.2, 0) is 6.42 Å². The number of aliphatic hydroxyl groups is 1. The molecular weight excluding hydrogens is 367 g/mol. The van der Waals surface area contributed by atoms with Gasteiger partial charge in [0.05, 0.1) is 11.1 Å². The predicted octanol–water partition coefficient (Wildman–Crippen LogP) is 4.67. The van der Waals surface area contributed by atoms with Crippen molar-refractivity contribution in [3.05, 3.63) is 54.7 Å². The molecule has 90 valence electrons. The molecule has 1 N–H and O–H groups in total. The minimum atomic E-state index is -0.438.